The van der Waals surface area contributed by atoms with E-state index in [9.17, 15) is 23.5 Å². The van der Waals surface area contributed by atoms with Crippen LogP contribution in [0.25, 0.3) is 0 Å². The van der Waals surface area contributed by atoms with Crippen molar-refractivity contribution < 1.29 is 23.5 Å². The summed E-state index contributed by atoms with van der Waals surface area (Å²) in [6, 6.07) is 3.85. The van der Waals surface area contributed by atoms with Crippen LogP contribution in [0.15, 0.2) is 18.2 Å². The number of benzene rings is 1. The van der Waals surface area contributed by atoms with Crippen molar-refractivity contribution in [2.24, 2.45) is 0 Å². The van der Waals surface area contributed by atoms with Crippen molar-refractivity contribution in [1.82, 2.24) is 0 Å². The molecule has 1 heterocycles. The summed E-state index contributed by atoms with van der Waals surface area (Å²) in [5.74, 6) is -1.01. The third kappa shape index (κ3) is 2.45. The van der Waals surface area contributed by atoms with E-state index < -0.39 is 24.3 Å². The molecule has 0 bridgehead atoms. The highest BCUT2D eigenvalue weighted by molar-refractivity contribution is 6.13. The molecule has 0 aromatic heterocycles. The van der Waals surface area contributed by atoms with Gasteiger partial charge in [0.05, 0.1) is 11.4 Å². The highest BCUT2D eigenvalue weighted by atomic mass is 19.3. The Bertz CT molecular complexity index is 505. The van der Waals surface area contributed by atoms with E-state index in [2.05, 4.69) is 10.6 Å². The van der Waals surface area contributed by atoms with Crippen molar-refractivity contribution in [1.29, 1.82) is 0 Å². The number of rotatable bonds is 2. The molecule has 1 aromatic carbocycles. The van der Waals surface area contributed by atoms with Gasteiger partial charge < -0.3 is 15.7 Å². The summed E-state index contributed by atoms with van der Waals surface area (Å²) in [5, 5.41) is 14.1. The molecule has 3 N–H and O–H groups in total. The van der Waals surface area contributed by atoms with Crippen LogP contribution in [0.5, 0.6) is 0 Å². The van der Waals surface area contributed by atoms with Crippen LogP contribution in [0.1, 0.15) is 18.1 Å². The molecule has 0 saturated heterocycles. The maximum atomic E-state index is 12.4. The molecule has 1 atom stereocenters. The van der Waals surface area contributed by atoms with Crippen molar-refractivity contribution in [3.05, 3.63) is 23.8 Å². The van der Waals surface area contributed by atoms with Crippen molar-refractivity contribution in [3.63, 3.8) is 0 Å². The first-order valence-electron chi connectivity index (χ1n) is 5.17. The molecule has 18 heavy (non-hydrogen) atoms. The summed E-state index contributed by atoms with van der Waals surface area (Å²) >= 11 is 0. The van der Waals surface area contributed by atoms with Gasteiger partial charge in [-0.3, -0.25) is 9.59 Å². The molecule has 1 unspecified atom stereocenters. The Hall–Kier alpha value is -2.02. The second kappa shape index (κ2) is 4.69. The summed E-state index contributed by atoms with van der Waals surface area (Å²) in [4.78, 5) is 22.5. The number of carbonyl (C=O) groups excluding carboxylic acids is 2. The van der Waals surface area contributed by atoms with E-state index in [1.807, 2.05) is 0 Å². The Labute approximate surface area is 101 Å². The van der Waals surface area contributed by atoms with Crippen LogP contribution < -0.4 is 10.6 Å². The molecule has 2 amide bonds. The number of alkyl halides is 2. The normalized spacial score (nSPS) is 16.7. The van der Waals surface area contributed by atoms with E-state index in [-0.39, 0.29) is 17.7 Å². The van der Waals surface area contributed by atoms with Gasteiger partial charge in [0, 0.05) is 0 Å². The van der Waals surface area contributed by atoms with Gasteiger partial charge in [-0.15, -0.1) is 0 Å². The molecule has 0 saturated carbocycles. The highest BCUT2D eigenvalue weighted by Gasteiger charge is 2.23. The first kappa shape index (κ1) is 12.4. The lowest BCUT2D eigenvalue weighted by Crippen LogP contribution is -2.16. The van der Waals surface area contributed by atoms with Crippen molar-refractivity contribution in [2.45, 2.75) is 19.0 Å². The van der Waals surface area contributed by atoms with Crippen molar-refractivity contribution in [3.8, 4) is 0 Å². The largest absolute Gasteiger partial charge is 0.382 e. The SMILES string of the molecule is O=C1CC(=O)Nc2cc(C(O)C(F)F)ccc2N1. The van der Waals surface area contributed by atoms with Crippen molar-refractivity contribution >= 4 is 23.2 Å². The fraction of sp³-hybridized carbons (Fsp3) is 0.273. The van der Waals surface area contributed by atoms with Gasteiger partial charge in [-0.25, -0.2) is 8.78 Å². The van der Waals surface area contributed by atoms with Crippen LogP contribution in [-0.2, 0) is 9.59 Å². The summed E-state index contributed by atoms with van der Waals surface area (Å²) in [5.41, 5.74) is 0.485. The van der Waals surface area contributed by atoms with Crippen LogP contribution in [0.2, 0.25) is 0 Å². The standard InChI is InChI=1S/C11H10F2N2O3/c12-11(13)10(18)5-1-2-6-7(3-5)15-9(17)4-8(16)14-6/h1-3,10-11,18H,4H2,(H,14,16)(H,15,17). The average molecular weight is 256 g/mol. The Morgan fingerprint density at radius 2 is 1.72 bits per heavy atom. The lowest BCUT2D eigenvalue weighted by atomic mass is 10.1. The second-order valence-corrected chi connectivity index (χ2v) is 3.86. The Balaban J connectivity index is 2.37. The predicted molar refractivity (Wildman–Crippen MR) is 59.3 cm³/mol. The zero-order valence-corrected chi connectivity index (χ0v) is 9.11. The maximum absolute atomic E-state index is 12.4. The summed E-state index contributed by atoms with van der Waals surface area (Å²) < 4.78 is 24.7. The molecule has 1 aliphatic rings. The van der Waals surface area contributed by atoms with Crippen LogP contribution in [0, 0.1) is 0 Å². The van der Waals surface area contributed by atoms with Gasteiger partial charge >= 0.3 is 0 Å². The molecular formula is C11H10F2N2O3. The lowest BCUT2D eigenvalue weighted by Gasteiger charge is -2.13. The van der Waals surface area contributed by atoms with E-state index in [0.29, 0.717) is 5.69 Å². The van der Waals surface area contributed by atoms with Gasteiger partial charge in [-0.2, -0.15) is 0 Å². The quantitative estimate of drug-likeness (QED) is 0.697. The van der Waals surface area contributed by atoms with Gasteiger partial charge in [0.15, 0.2) is 0 Å². The number of hydrogen-bond acceptors (Lipinski definition) is 3. The van der Waals surface area contributed by atoms with Crippen LogP contribution >= 0.6 is 0 Å². The summed E-state index contributed by atoms with van der Waals surface area (Å²) in [7, 11) is 0. The minimum atomic E-state index is -2.92. The third-order valence-corrected chi connectivity index (χ3v) is 2.49. The minimum absolute atomic E-state index is 0.0276. The highest BCUT2D eigenvalue weighted by Crippen LogP contribution is 2.30. The van der Waals surface area contributed by atoms with Crippen LogP contribution in [0.3, 0.4) is 0 Å². The van der Waals surface area contributed by atoms with Gasteiger partial charge in [-0.1, -0.05) is 6.07 Å². The summed E-state index contributed by atoms with van der Waals surface area (Å²) in [6.45, 7) is 0. The topological polar surface area (TPSA) is 78.4 Å². The van der Waals surface area contributed by atoms with E-state index in [4.69, 9.17) is 0 Å². The van der Waals surface area contributed by atoms with Gasteiger partial charge in [0.25, 0.3) is 6.43 Å². The number of hydrogen-bond donors (Lipinski definition) is 3. The molecule has 7 heteroatoms. The molecule has 2 rings (SSSR count). The summed E-state index contributed by atoms with van der Waals surface area (Å²) in [6.07, 6.45) is -5.17. The van der Waals surface area contributed by atoms with Gasteiger partial charge in [0.1, 0.15) is 12.5 Å². The van der Waals surface area contributed by atoms with E-state index in [1.54, 1.807) is 0 Å². The van der Waals surface area contributed by atoms with E-state index in [0.717, 1.165) is 0 Å². The third-order valence-electron chi connectivity index (χ3n) is 2.49. The number of nitrogens with one attached hydrogen (secondary N) is 2. The molecule has 96 valence electrons. The minimum Gasteiger partial charge on any atom is -0.382 e. The Morgan fingerprint density at radius 1 is 1.11 bits per heavy atom. The molecule has 5 nitrogen and oxygen atoms in total. The molecule has 0 aliphatic carbocycles. The number of aliphatic hydroxyl groups is 1. The number of carbonyl (C=O) groups is 2. The average Bonchev–Trinajstić information content (AvgIpc) is 2.43. The van der Waals surface area contributed by atoms with Gasteiger partial charge in [-0.05, 0) is 17.7 Å². The molecule has 0 radical (unpaired) electrons. The predicted octanol–water partition coefficient (Wildman–Crippen LogP) is 1.27. The lowest BCUT2D eigenvalue weighted by molar-refractivity contribution is -0.123. The number of fused-ring (bicyclic) bond motifs is 1. The molecular weight excluding hydrogens is 246 g/mol. The van der Waals surface area contributed by atoms with E-state index in [1.165, 1.54) is 18.2 Å². The second-order valence-electron chi connectivity index (χ2n) is 3.86. The molecule has 1 aromatic rings. The zero-order chi connectivity index (χ0) is 13.3. The number of aliphatic hydroxyl groups excluding tert-OH is 1. The smallest absolute Gasteiger partial charge is 0.268 e. The number of amides is 2. The fourth-order valence-electron chi connectivity index (χ4n) is 1.64. The molecule has 0 spiro atoms. The monoisotopic (exact) mass is 256 g/mol. The Morgan fingerprint density at radius 3 is 2.33 bits per heavy atom. The maximum Gasteiger partial charge on any atom is 0.268 e. The zero-order valence-electron chi connectivity index (χ0n) is 9.11. The van der Waals surface area contributed by atoms with Crippen molar-refractivity contribution in [2.75, 3.05) is 10.6 Å². The van der Waals surface area contributed by atoms with Crippen LogP contribution in [0.4, 0.5) is 20.2 Å². The first-order valence-corrected chi connectivity index (χ1v) is 5.17. The van der Waals surface area contributed by atoms with Crippen LogP contribution in [-0.4, -0.2) is 23.3 Å². The van der Waals surface area contributed by atoms with E-state index >= 15 is 0 Å². The first-order chi connectivity index (χ1) is 8.47. The van der Waals surface area contributed by atoms with Gasteiger partial charge in [0.2, 0.25) is 11.8 Å². The fourth-order valence-corrected chi connectivity index (χ4v) is 1.64. The molecule has 0 fully saturated rings. The Kier molecular flexibility index (Phi) is 3.24. The number of anilines is 2. The number of halogens is 2. The molecule has 1 aliphatic heterocycles.